The molecule has 67 heavy (non-hydrogen) atoms. The number of methoxy groups -OCH3 is 2. The molecule has 1 unspecified atom stereocenters. The van der Waals surface area contributed by atoms with E-state index in [1.165, 1.54) is 6.20 Å². The molecule has 1 aliphatic rings. The second-order valence-electron chi connectivity index (χ2n) is 17.3. The zero-order valence-electron chi connectivity index (χ0n) is 38.8. The van der Waals surface area contributed by atoms with E-state index in [1.54, 1.807) is 57.0 Å². The second kappa shape index (κ2) is 22.8. The van der Waals surface area contributed by atoms with E-state index in [1.807, 2.05) is 87.6 Å². The Morgan fingerprint density at radius 1 is 0.910 bits per heavy atom. The quantitative estimate of drug-likeness (QED) is 0.0308. The highest BCUT2D eigenvalue weighted by Crippen LogP contribution is 2.64. The average molecular weight is 959 g/mol. The minimum atomic E-state index is -5.07. The lowest BCUT2D eigenvalue weighted by Crippen LogP contribution is -2.46. The molecule has 0 bridgehead atoms. The first-order valence-electron chi connectivity index (χ1n) is 21.6. The van der Waals surface area contributed by atoms with Crippen molar-refractivity contribution in [3.63, 3.8) is 0 Å². The van der Waals surface area contributed by atoms with Crippen LogP contribution in [0, 0.1) is 16.7 Å². The fourth-order valence-corrected chi connectivity index (χ4v) is 11.1. The number of halogens is 3. The molecule has 0 spiro atoms. The van der Waals surface area contributed by atoms with Gasteiger partial charge in [-0.3, -0.25) is 19.1 Å². The van der Waals surface area contributed by atoms with Gasteiger partial charge in [-0.1, -0.05) is 68.4 Å². The zero-order chi connectivity index (χ0) is 49.2. The SMILES string of the molecule is COc1ccc(C(OC[C@H]2O[C@@H](n3ccc(=O)[nH]c3=O)[C@H](OCOCC(C)(C)CNC(=O)C(F)(F)F)[C@@H]2O[P+](O)(CCC#N)N(C(C)C)C(C)C)(c2ccccc2)c2ccc(OC)cc2)cc1. The van der Waals surface area contributed by atoms with Gasteiger partial charge in [-0.2, -0.15) is 23.0 Å². The summed E-state index contributed by atoms with van der Waals surface area (Å²) in [5.41, 5.74) is -1.83. The summed E-state index contributed by atoms with van der Waals surface area (Å²) in [6.45, 7) is 9.29. The molecule has 0 aliphatic carbocycles. The molecule has 1 aliphatic heterocycles. The number of nitrogens with zero attached hydrogens (tertiary/aromatic N) is 3. The standard InChI is InChI=1S/C47H59F3N5O11P/c1-31(2)55(32(3)4)67(59,26-12-24-51)66-40-38(27-64-46(33-13-10-9-11-14-33,34-15-19-36(60-7)20-16-34)35-17-21-37(61-8)22-18-35)65-42(54-25-23-39(56)53-44(54)58)41(40)63-30-62-29-45(5,6)28-52-43(57)47(48,49)50/h9-11,13-23,25,31-32,38,40-42,59H,12,26-30H2,1-8H3,(H-,52,53,56,57,58)/p+1/t38-,40-,41-,42-,67?/m1/s1. The summed E-state index contributed by atoms with van der Waals surface area (Å²) < 4.78 is 86.1. The van der Waals surface area contributed by atoms with Crippen molar-refractivity contribution >= 4 is 13.8 Å². The molecule has 2 heterocycles. The Kier molecular flexibility index (Phi) is 17.9. The highest BCUT2D eigenvalue weighted by Gasteiger charge is 2.59. The van der Waals surface area contributed by atoms with Gasteiger partial charge in [0.25, 0.3) is 5.56 Å². The van der Waals surface area contributed by atoms with E-state index in [-0.39, 0.29) is 44.4 Å². The third kappa shape index (κ3) is 12.9. The Morgan fingerprint density at radius 2 is 1.48 bits per heavy atom. The van der Waals surface area contributed by atoms with Crippen LogP contribution in [0.3, 0.4) is 0 Å². The van der Waals surface area contributed by atoms with Crippen molar-refractivity contribution in [1.82, 2.24) is 19.5 Å². The summed E-state index contributed by atoms with van der Waals surface area (Å²) in [5.74, 6) is -0.902. The maximum absolute atomic E-state index is 13.6. The van der Waals surface area contributed by atoms with Gasteiger partial charge < -0.3 is 33.7 Å². The Morgan fingerprint density at radius 3 is 1.99 bits per heavy atom. The molecular weight excluding hydrogens is 899 g/mol. The molecule has 364 valence electrons. The second-order valence-corrected chi connectivity index (χ2v) is 19.7. The Balaban J connectivity index is 1.65. The molecule has 0 radical (unpaired) electrons. The number of alkyl halides is 3. The maximum Gasteiger partial charge on any atom is 0.471 e. The first-order chi connectivity index (χ1) is 31.7. The molecule has 5 atom stereocenters. The van der Waals surface area contributed by atoms with Crippen molar-refractivity contribution < 1.29 is 55.8 Å². The summed E-state index contributed by atoms with van der Waals surface area (Å²) in [6.07, 6.45) is -9.15. The van der Waals surface area contributed by atoms with E-state index in [4.69, 9.17) is 32.9 Å². The van der Waals surface area contributed by atoms with Crippen molar-refractivity contribution in [2.75, 3.05) is 46.9 Å². The van der Waals surface area contributed by atoms with Gasteiger partial charge in [-0.25, -0.2) is 9.69 Å². The average Bonchev–Trinajstić information content (AvgIpc) is 3.61. The maximum atomic E-state index is 13.6. The first-order valence-corrected chi connectivity index (χ1v) is 23.4. The lowest BCUT2D eigenvalue weighted by molar-refractivity contribution is -0.174. The monoisotopic (exact) mass is 958 g/mol. The van der Waals surface area contributed by atoms with E-state index in [9.17, 15) is 37.7 Å². The van der Waals surface area contributed by atoms with Gasteiger partial charge in [-0.15, -0.1) is 4.67 Å². The predicted molar refractivity (Wildman–Crippen MR) is 243 cm³/mol. The Bertz CT molecular complexity index is 2320. The molecule has 1 saturated heterocycles. The molecule has 3 N–H and O–H groups in total. The van der Waals surface area contributed by atoms with Crippen LogP contribution < -0.4 is 26.0 Å². The number of ether oxygens (including phenoxy) is 6. The van der Waals surface area contributed by atoms with E-state index in [0.29, 0.717) is 28.2 Å². The molecule has 16 nitrogen and oxygen atoms in total. The van der Waals surface area contributed by atoms with Crippen LogP contribution in [0.2, 0.25) is 0 Å². The van der Waals surface area contributed by atoms with Crippen molar-refractivity contribution in [1.29, 1.82) is 5.26 Å². The Hall–Kier alpha value is -5.16. The third-order valence-electron chi connectivity index (χ3n) is 11.1. The highest BCUT2D eigenvalue weighted by atomic mass is 31.2. The number of rotatable bonds is 23. The van der Waals surface area contributed by atoms with E-state index >= 15 is 0 Å². The van der Waals surface area contributed by atoms with Crippen LogP contribution in [0.5, 0.6) is 11.5 Å². The Labute approximate surface area is 388 Å². The van der Waals surface area contributed by atoms with E-state index in [2.05, 4.69) is 11.1 Å². The lowest BCUT2D eigenvalue weighted by atomic mass is 9.80. The number of aromatic nitrogens is 2. The van der Waals surface area contributed by atoms with E-state index in [0.717, 1.165) is 10.6 Å². The molecule has 5 rings (SSSR count). The van der Waals surface area contributed by atoms with Crippen LogP contribution in [-0.4, -0.2) is 109 Å². The summed E-state index contributed by atoms with van der Waals surface area (Å²) in [5, 5.41) is 11.7. The lowest BCUT2D eigenvalue weighted by Gasteiger charge is -2.39. The van der Waals surface area contributed by atoms with Gasteiger partial charge in [-0.05, 0) is 68.7 Å². The summed E-state index contributed by atoms with van der Waals surface area (Å²) in [7, 11) is -0.657. The van der Waals surface area contributed by atoms with Crippen LogP contribution >= 0.6 is 7.87 Å². The van der Waals surface area contributed by atoms with Crippen LogP contribution in [0.25, 0.3) is 0 Å². The number of aromatic amines is 1. The van der Waals surface area contributed by atoms with Crippen molar-refractivity contribution in [2.45, 2.75) is 96.4 Å². The molecule has 1 aromatic heterocycles. The molecule has 3 aromatic carbocycles. The van der Waals surface area contributed by atoms with Gasteiger partial charge in [0, 0.05) is 36.3 Å². The first kappa shape index (κ1) is 52.8. The minimum Gasteiger partial charge on any atom is -0.497 e. The molecule has 0 saturated carbocycles. The van der Waals surface area contributed by atoms with E-state index < -0.39 is 73.5 Å². The van der Waals surface area contributed by atoms with Gasteiger partial charge in [0.15, 0.2) is 12.3 Å². The molecule has 1 amide bonds. The van der Waals surface area contributed by atoms with Crippen LogP contribution in [0.1, 0.15) is 70.9 Å². The van der Waals surface area contributed by atoms with Gasteiger partial charge in [0.2, 0.25) is 0 Å². The van der Waals surface area contributed by atoms with Gasteiger partial charge in [0.1, 0.15) is 42.3 Å². The zero-order valence-corrected chi connectivity index (χ0v) is 39.7. The molecular formula is C47H60F3N5O11P+. The number of carbonyl (C=O) groups is 1. The molecule has 1 fully saturated rings. The smallest absolute Gasteiger partial charge is 0.471 e. The number of amides is 1. The topological polar surface area (TPSA) is 196 Å². The largest absolute Gasteiger partial charge is 0.497 e. The van der Waals surface area contributed by atoms with Crippen LogP contribution in [0.15, 0.2) is 101 Å². The summed E-state index contributed by atoms with van der Waals surface area (Å²) in [6, 6.07) is 26.8. The number of H-pyrrole nitrogens is 1. The molecule has 20 heteroatoms. The fourth-order valence-electron chi connectivity index (χ4n) is 8.13. The number of carbonyl (C=O) groups excluding carboxylic acids is 1. The predicted octanol–water partition coefficient (Wildman–Crippen LogP) is 6.70. The van der Waals surface area contributed by atoms with Gasteiger partial charge >= 0.3 is 25.6 Å². The fraction of sp³-hybridized carbons (Fsp3) is 0.489. The number of nitriles is 1. The summed E-state index contributed by atoms with van der Waals surface area (Å²) >= 11 is 0. The van der Waals surface area contributed by atoms with Crippen LogP contribution in [0.4, 0.5) is 13.2 Å². The minimum absolute atomic E-state index is 0.0834. The molecule has 4 aromatic rings. The van der Waals surface area contributed by atoms with Crippen molar-refractivity contribution in [3.05, 3.63) is 129 Å². The number of hydrogen-bond acceptors (Lipinski definition) is 13. The summed E-state index contributed by atoms with van der Waals surface area (Å²) in [4.78, 5) is 52.6. The highest BCUT2D eigenvalue weighted by molar-refractivity contribution is 7.63. The normalized spacial score (nSPS) is 18.8. The third-order valence-corrected chi connectivity index (χ3v) is 14.1. The van der Waals surface area contributed by atoms with Crippen LogP contribution in [-0.2, 0) is 33.9 Å². The number of nitrogens with one attached hydrogen (secondary N) is 2. The number of benzene rings is 3. The number of hydrogen-bond donors (Lipinski definition) is 3. The van der Waals surface area contributed by atoms with Crippen molar-refractivity contribution in [3.8, 4) is 17.6 Å². The van der Waals surface area contributed by atoms with Gasteiger partial charge in [0.05, 0.1) is 39.9 Å². The van der Waals surface area contributed by atoms with Crippen molar-refractivity contribution in [2.24, 2.45) is 5.41 Å².